The van der Waals surface area contributed by atoms with E-state index in [2.05, 4.69) is 14.8 Å². The van der Waals surface area contributed by atoms with Gasteiger partial charge in [0, 0.05) is 25.1 Å². The van der Waals surface area contributed by atoms with Crippen LogP contribution in [-0.4, -0.2) is 50.2 Å². The van der Waals surface area contributed by atoms with Crippen LogP contribution in [0.2, 0.25) is 5.02 Å². The van der Waals surface area contributed by atoms with Crippen LogP contribution in [0.25, 0.3) is 0 Å². The molecule has 10 nitrogen and oxygen atoms in total. The van der Waals surface area contributed by atoms with E-state index in [-0.39, 0.29) is 50.0 Å². The number of hydrogen-bond acceptors (Lipinski definition) is 6. The molecule has 2 aliphatic rings. The molecule has 12 heteroatoms. The van der Waals surface area contributed by atoms with Gasteiger partial charge < -0.3 is 9.64 Å². The summed E-state index contributed by atoms with van der Waals surface area (Å²) in [4.78, 5) is 37.7. The van der Waals surface area contributed by atoms with Crippen molar-refractivity contribution in [1.82, 2.24) is 14.9 Å². The van der Waals surface area contributed by atoms with Gasteiger partial charge in [0.05, 0.1) is 10.7 Å². The number of fused-ring (bicyclic) bond motifs is 1. The zero-order valence-electron chi connectivity index (χ0n) is 18.3. The third kappa shape index (κ3) is 5.16. The number of halogens is 1. The highest BCUT2D eigenvalue weighted by Gasteiger charge is 2.39. The lowest BCUT2D eigenvalue weighted by molar-refractivity contribution is -0.136. The van der Waals surface area contributed by atoms with Crippen LogP contribution in [-0.2, 0) is 26.3 Å². The lowest BCUT2D eigenvalue weighted by Crippen LogP contribution is -2.52. The quantitative estimate of drug-likeness (QED) is 0.369. The molecule has 1 atom stereocenters. The first kappa shape index (κ1) is 24.0. The molecule has 0 aromatic heterocycles. The summed E-state index contributed by atoms with van der Waals surface area (Å²) in [6.45, 7) is 2.07. The van der Waals surface area contributed by atoms with Gasteiger partial charge in [-0.1, -0.05) is 23.7 Å². The summed E-state index contributed by atoms with van der Waals surface area (Å²) in [5.74, 6) is -0.692. The van der Waals surface area contributed by atoms with Gasteiger partial charge in [0.2, 0.25) is 11.8 Å². The van der Waals surface area contributed by atoms with Crippen LogP contribution in [0.15, 0.2) is 36.4 Å². The van der Waals surface area contributed by atoms with Gasteiger partial charge in [0.15, 0.2) is 0 Å². The van der Waals surface area contributed by atoms with E-state index < -0.39 is 22.2 Å². The molecule has 2 aromatic rings. The number of carbonyl (C=O) groups excluding carboxylic acids is 3. The second-order valence-electron chi connectivity index (χ2n) is 8.01. The van der Waals surface area contributed by atoms with Crippen molar-refractivity contribution in [2.45, 2.75) is 32.4 Å². The first-order chi connectivity index (χ1) is 16.1. The van der Waals surface area contributed by atoms with E-state index in [9.17, 15) is 22.8 Å². The Morgan fingerprint density at radius 3 is 2.74 bits per heavy atom. The number of rotatable bonds is 8. The summed E-state index contributed by atoms with van der Waals surface area (Å²) in [5.41, 5.74) is 2.09. The maximum absolute atomic E-state index is 12.7. The molecular weight excluding hydrogens is 484 g/mol. The maximum Gasteiger partial charge on any atom is 0.299 e. The third-order valence-electron chi connectivity index (χ3n) is 5.58. The minimum Gasteiger partial charge on any atom is -0.490 e. The summed E-state index contributed by atoms with van der Waals surface area (Å²) in [6.07, 6.45) is 0.413. The van der Waals surface area contributed by atoms with Crippen molar-refractivity contribution in [2.24, 2.45) is 0 Å². The van der Waals surface area contributed by atoms with Gasteiger partial charge in [-0.2, -0.15) is 13.1 Å². The predicted molar refractivity (Wildman–Crippen MR) is 125 cm³/mol. The number of ether oxygens (including phenoxy) is 1. The topological polar surface area (TPSA) is 134 Å². The van der Waals surface area contributed by atoms with Gasteiger partial charge in [0.1, 0.15) is 18.4 Å². The van der Waals surface area contributed by atoms with Crippen molar-refractivity contribution in [3.05, 3.63) is 58.1 Å². The van der Waals surface area contributed by atoms with E-state index in [0.717, 1.165) is 5.56 Å². The number of hydrogen-bond donors (Lipinski definition) is 3. The molecule has 2 heterocycles. The molecule has 2 aromatic carbocycles. The molecule has 1 unspecified atom stereocenters. The zero-order chi connectivity index (χ0) is 24.5. The molecule has 0 spiro atoms. The summed E-state index contributed by atoms with van der Waals surface area (Å²) < 4.78 is 35.3. The van der Waals surface area contributed by atoms with Gasteiger partial charge in [-0.3, -0.25) is 24.4 Å². The van der Waals surface area contributed by atoms with Gasteiger partial charge in [0.25, 0.3) is 16.1 Å². The zero-order valence-corrected chi connectivity index (χ0v) is 19.8. The maximum atomic E-state index is 12.7. The number of imide groups is 1. The van der Waals surface area contributed by atoms with Crippen molar-refractivity contribution in [1.29, 1.82) is 0 Å². The summed E-state index contributed by atoms with van der Waals surface area (Å²) >= 11 is 6.10. The largest absolute Gasteiger partial charge is 0.490 e. The van der Waals surface area contributed by atoms with Gasteiger partial charge in [-0.15, -0.1) is 0 Å². The molecule has 34 heavy (non-hydrogen) atoms. The van der Waals surface area contributed by atoms with Gasteiger partial charge in [-0.05, 0) is 48.7 Å². The van der Waals surface area contributed by atoms with Crippen molar-refractivity contribution < 1.29 is 27.5 Å². The molecule has 2 aliphatic heterocycles. The number of carbonyl (C=O) groups is 3. The summed E-state index contributed by atoms with van der Waals surface area (Å²) in [5, 5.41) is 2.69. The Balaban J connectivity index is 1.35. The standard InChI is InChI=1S/C22H23ClN4O6S/c1-13-3-2-4-17(23)20(13)33-10-9-24-34(31,32)26-15-5-6-16-14(11-15)12-27(22(16)30)18-7-8-19(28)25-21(18)29/h2-6,11,18,24,26H,7-10,12H2,1H3,(H,25,28,29). The fraction of sp³-hybridized carbons (Fsp3) is 0.318. The van der Waals surface area contributed by atoms with Crippen LogP contribution in [0.5, 0.6) is 5.75 Å². The third-order valence-corrected chi connectivity index (χ3v) is 6.97. The Morgan fingerprint density at radius 1 is 1.21 bits per heavy atom. The lowest BCUT2D eigenvalue weighted by Gasteiger charge is -2.29. The van der Waals surface area contributed by atoms with Gasteiger partial charge >= 0.3 is 0 Å². The van der Waals surface area contributed by atoms with Crippen molar-refractivity contribution in [2.75, 3.05) is 17.9 Å². The average Bonchev–Trinajstić information content (AvgIpc) is 3.08. The second-order valence-corrected chi connectivity index (χ2v) is 9.91. The highest BCUT2D eigenvalue weighted by molar-refractivity contribution is 7.90. The molecule has 0 saturated carbocycles. The molecule has 180 valence electrons. The van der Waals surface area contributed by atoms with Crippen molar-refractivity contribution in [3.8, 4) is 5.75 Å². The molecule has 3 N–H and O–H groups in total. The number of aryl methyl sites for hydroxylation is 1. The Hall–Kier alpha value is -3.15. The average molecular weight is 507 g/mol. The van der Waals surface area contributed by atoms with Crippen LogP contribution < -0.4 is 19.5 Å². The summed E-state index contributed by atoms with van der Waals surface area (Å²) in [6, 6.07) is 9.15. The minimum atomic E-state index is -3.90. The molecule has 0 radical (unpaired) electrons. The lowest BCUT2D eigenvalue weighted by atomic mass is 10.0. The number of amides is 3. The Morgan fingerprint density at radius 2 is 2.00 bits per heavy atom. The van der Waals surface area contributed by atoms with Crippen LogP contribution >= 0.6 is 11.6 Å². The smallest absolute Gasteiger partial charge is 0.299 e. The molecule has 3 amide bonds. The van der Waals surface area contributed by atoms with E-state index in [1.165, 1.54) is 17.0 Å². The monoisotopic (exact) mass is 506 g/mol. The second kappa shape index (κ2) is 9.61. The number of anilines is 1. The molecule has 0 aliphatic carbocycles. The fourth-order valence-corrected chi connectivity index (χ4v) is 5.10. The number of nitrogens with one attached hydrogen (secondary N) is 3. The van der Waals surface area contributed by atoms with Crippen molar-refractivity contribution >= 4 is 45.2 Å². The van der Waals surface area contributed by atoms with Crippen LogP contribution in [0, 0.1) is 6.92 Å². The SMILES string of the molecule is Cc1cccc(Cl)c1OCCNS(=O)(=O)Nc1ccc2c(c1)CN(C1CCC(=O)NC1=O)C2=O. The minimum absolute atomic E-state index is 0.00666. The first-order valence-electron chi connectivity index (χ1n) is 10.6. The van der Waals surface area contributed by atoms with Crippen molar-refractivity contribution in [3.63, 3.8) is 0 Å². The Kier molecular flexibility index (Phi) is 6.78. The van der Waals surface area contributed by atoms with Crippen LogP contribution in [0.4, 0.5) is 5.69 Å². The van der Waals surface area contributed by atoms with Gasteiger partial charge in [-0.25, -0.2) is 0 Å². The number of nitrogens with zero attached hydrogens (tertiary/aromatic N) is 1. The molecule has 4 rings (SSSR count). The number of piperidine rings is 1. The normalized spacial score (nSPS) is 18.0. The molecule has 0 bridgehead atoms. The Labute approximate surface area is 201 Å². The van der Waals surface area contributed by atoms with E-state index in [4.69, 9.17) is 16.3 Å². The van der Waals surface area contributed by atoms with Crippen LogP contribution in [0.1, 0.15) is 34.3 Å². The predicted octanol–water partition coefficient (Wildman–Crippen LogP) is 1.73. The Bertz CT molecular complexity index is 1250. The van der Waals surface area contributed by atoms with E-state index in [1.54, 1.807) is 18.2 Å². The molecule has 1 saturated heterocycles. The van der Waals surface area contributed by atoms with E-state index >= 15 is 0 Å². The highest BCUT2D eigenvalue weighted by atomic mass is 35.5. The highest BCUT2D eigenvalue weighted by Crippen LogP contribution is 2.30. The summed E-state index contributed by atoms with van der Waals surface area (Å²) in [7, 11) is -3.90. The number of benzene rings is 2. The molecular formula is C22H23ClN4O6S. The first-order valence-corrected chi connectivity index (χ1v) is 12.4. The van der Waals surface area contributed by atoms with Crippen LogP contribution in [0.3, 0.4) is 0 Å². The van der Waals surface area contributed by atoms with E-state index in [0.29, 0.717) is 21.9 Å². The van der Waals surface area contributed by atoms with E-state index in [1.807, 2.05) is 13.0 Å². The fourth-order valence-electron chi connectivity index (χ4n) is 3.96. The molecule has 1 fully saturated rings. The number of para-hydroxylation sites is 1.